The molecular formula is C30H37ClN4O4S. The number of piperidine rings is 1. The number of carboxylic acid groups (broad SMARTS) is 1. The molecule has 2 aromatic carbocycles. The molecule has 0 bridgehead atoms. The van der Waals surface area contributed by atoms with Gasteiger partial charge in [0.15, 0.2) is 0 Å². The molecule has 214 valence electrons. The van der Waals surface area contributed by atoms with E-state index in [0.29, 0.717) is 41.7 Å². The first-order valence-electron chi connectivity index (χ1n) is 13.9. The van der Waals surface area contributed by atoms with Gasteiger partial charge in [-0.2, -0.15) is 0 Å². The topological polar surface area (TPSA) is 95.9 Å². The fourth-order valence-corrected chi connectivity index (χ4v) is 6.06. The summed E-state index contributed by atoms with van der Waals surface area (Å²) in [6, 6.07) is 11.2. The van der Waals surface area contributed by atoms with Crippen LogP contribution in [0.2, 0.25) is 5.02 Å². The number of likely N-dealkylation sites (tertiary alicyclic amines) is 1. The summed E-state index contributed by atoms with van der Waals surface area (Å²) in [4.78, 5) is 28.5. The average Bonchev–Trinajstić information content (AvgIpc) is 3.43. The number of halogens is 1. The van der Waals surface area contributed by atoms with E-state index in [0.717, 1.165) is 66.3 Å². The number of carboxylic acids is 1. The zero-order chi connectivity index (χ0) is 28.6. The maximum absolute atomic E-state index is 13.4. The summed E-state index contributed by atoms with van der Waals surface area (Å²) in [5.74, 6) is -0.190. The molecule has 2 heterocycles. The summed E-state index contributed by atoms with van der Waals surface area (Å²) in [5.41, 5.74) is 3.43. The molecule has 1 aliphatic rings. The van der Waals surface area contributed by atoms with Crippen LogP contribution in [0.1, 0.15) is 60.5 Å². The van der Waals surface area contributed by atoms with Gasteiger partial charge in [0, 0.05) is 18.7 Å². The molecule has 1 aromatic heterocycles. The van der Waals surface area contributed by atoms with Crippen LogP contribution in [0.25, 0.3) is 10.6 Å². The Morgan fingerprint density at radius 1 is 1.12 bits per heavy atom. The smallest absolute Gasteiger partial charge is 0.306 e. The second-order valence-electron chi connectivity index (χ2n) is 10.3. The van der Waals surface area contributed by atoms with E-state index in [1.54, 1.807) is 17.0 Å². The Balaban J connectivity index is 1.40. The van der Waals surface area contributed by atoms with E-state index in [-0.39, 0.29) is 11.8 Å². The maximum atomic E-state index is 13.4. The largest absolute Gasteiger partial charge is 0.493 e. The SMILES string of the molecule is CCCCN(C(=O)c1ccccc1Cl)c1nnc(-c2cc(C)c(OCCCN3CCC(C(=O)O)CC3)c(C)c2)s1. The van der Waals surface area contributed by atoms with Crippen molar-refractivity contribution in [2.75, 3.05) is 37.7 Å². The molecule has 0 saturated carbocycles. The van der Waals surface area contributed by atoms with Crippen LogP contribution in [0.3, 0.4) is 0 Å². The Morgan fingerprint density at radius 3 is 2.48 bits per heavy atom. The van der Waals surface area contributed by atoms with Crippen molar-refractivity contribution in [1.82, 2.24) is 15.1 Å². The Bertz CT molecular complexity index is 1300. The highest BCUT2D eigenvalue weighted by atomic mass is 35.5. The van der Waals surface area contributed by atoms with E-state index in [4.69, 9.17) is 16.3 Å². The van der Waals surface area contributed by atoms with Crippen molar-refractivity contribution in [2.24, 2.45) is 5.92 Å². The van der Waals surface area contributed by atoms with E-state index < -0.39 is 5.97 Å². The average molecular weight is 585 g/mol. The van der Waals surface area contributed by atoms with Gasteiger partial charge in [0.05, 0.1) is 23.1 Å². The molecule has 10 heteroatoms. The van der Waals surface area contributed by atoms with Gasteiger partial charge in [0.2, 0.25) is 5.13 Å². The standard InChI is InChI=1S/C30H37ClN4O4S/c1-4-5-14-35(28(36)24-9-6-7-10-25(24)31)30-33-32-27(40-30)23-18-20(2)26(21(3)19-23)39-17-8-13-34-15-11-22(12-16-34)29(37)38/h6-7,9-10,18-19,22H,4-5,8,11-17H2,1-3H3,(H,37,38). The Labute approximate surface area is 244 Å². The molecule has 1 fully saturated rings. The van der Waals surface area contributed by atoms with Crippen LogP contribution in [0.15, 0.2) is 36.4 Å². The number of aliphatic carboxylic acids is 1. The van der Waals surface area contributed by atoms with Crippen LogP contribution < -0.4 is 9.64 Å². The molecular weight excluding hydrogens is 548 g/mol. The normalized spacial score (nSPS) is 14.3. The predicted molar refractivity (Wildman–Crippen MR) is 160 cm³/mol. The molecule has 1 amide bonds. The van der Waals surface area contributed by atoms with Gasteiger partial charge >= 0.3 is 5.97 Å². The Hall–Kier alpha value is -3.01. The molecule has 4 rings (SSSR count). The van der Waals surface area contributed by atoms with Gasteiger partial charge in [-0.1, -0.05) is 48.4 Å². The number of anilines is 1. The number of rotatable bonds is 12. The molecule has 3 aromatic rings. The van der Waals surface area contributed by atoms with Crippen molar-refractivity contribution in [3.63, 3.8) is 0 Å². The maximum Gasteiger partial charge on any atom is 0.306 e. The molecule has 1 saturated heterocycles. The van der Waals surface area contributed by atoms with Gasteiger partial charge < -0.3 is 14.7 Å². The molecule has 0 aliphatic carbocycles. The fraction of sp³-hybridized carbons (Fsp3) is 0.467. The number of amides is 1. The van der Waals surface area contributed by atoms with Crippen LogP contribution >= 0.6 is 22.9 Å². The first-order chi connectivity index (χ1) is 19.3. The summed E-state index contributed by atoms with van der Waals surface area (Å²) in [6.45, 7) is 9.83. The molecule has 1 N–H and O–H groups in total. The van der Waals surface area contributed by atoms with E-state index in [1.165, 1.54) is 11.3 Å². The van der Waals surface area contributed by atoms with E-state index in [1.807, 2.05) is 26.0 Å². The third kappa shape index (κ3) is 7.38. The Morgan fingerprint density at radius 2 is 1.82 bits per heavy atom. The number of carbonyl (C=O) groups excluding carboxylic acids is 1. The third-order valence-corrected chi connectivity index (χ3v) is 8.56. The van der Waals surface area contributed by atoms with Crippen molar-refractivity contribution in [3.8, 4) is 16.3 Å². The van der Waals surface area contributed by atoms with Gasteiger partial charge in [-0.3, -0.25) is 14.5 Å². The number of aromatic nitrogens is 2. The fourth-order valence-electron chi connectivity index (χ4n) is 4.99. The van der Waals surface area contributed by atoms with Crippen LogP contribution in [0.4, 0.5) is 5.13 Å². The van der Waals surface area contributed by atoms with Crippen LogP contribution in [0.5, 0.6) is 5.75 Å². The summed E-state index contributed by atoms with van der Waals surface area (Å²) in [6.07, 6.45) is 4.10. The van der Waals surface area contributed by atoms with Gasteiger partial charge in [-0.25, -0.2) is 0 Å². The molecule has 0 unspecified atom stereocenters. The highest BCUT2D eigenvalue weighted by molar-refractivity contribution is 7.18. The number of hydrogen-bond donors (Lipinski definition) is 1. The minimum atomic E-state index is -0.679. The molecule has 0 atom stereocenters. The minimum Gasteiger partial charge on any atom is -0.493 e. The third-order valence-electron chi connectivity index (χ3n) is 7.24. The number of carbonyl (C=O) groups is 2. The van der Waals surface area contributed by atoms with Gasteiger partial charge in [-0.05, 0) is 88.0 Å². The zero-order valence-electron chi connectivity index (χ0n) is 23.4. The van der Waals surface area contributed by atoms with Crippen molar-refractivity contribution in [1.29, 1.82) is 0 Å². The second-order valence-corrected chi connectivity index (χ2v) is 11.6. The molecule has 8 nitrogen and oxygen atoms in total. The molecule has 40 heavy (non-hydrogen) atoms. The van der Waals surface area contributed by atoms with Crippen molar-refractivity contribution < 1.29 is 19.4 Å². The lowest BCUT2D eigenvalue weighted by atomic mass is 9.97. The van der Waals surface area contributed by atoms with Crippen LogP contribution in [-0.4, -0.2) is 64.9 Å². The van der Waals surface area contributed by atoms with E-state index in [2.05, 4.69) is 34.2 Å². The number of aryl methyl sites for hydroxylation is 2. The van der Waals surface area contributed by atoms with Crippen molar-refractivity contribution >= 4 is 39.9 Å². The number of unbranched alkanes of at least 4 members (excludes halogenated alkanes) is 1. The predicted octanol–water partition coefficient (Wildman–Crippen LogP) is 6.49. The summed E-state index contributed by atoms with van der Waals surface area (Å²) >= 11 is 7.71. The second kappa shape index (κ2) is 14.1. The Kier molecular flexibility index (Phi) is 10.5. The highest BCUT2D eigenvalue weighted by Gasteiger charge is 2.25. The number of benzene rings is 2. The quantitative estimate of drug-likeness (QED) is 0.243. The highest BCUT2D eigenvalue weighted by Crippen LogP contribution is 2.35. The summed E-state index contributed by atoms with van der Waals surface area (Å²) in [5, 5.41) is 19.7. The van der Waals surface area contributed by atoms with Crippen molar-refractivity contribution in [3.05, 3.63) is 58.1 Å². The summed E-state index contributed by atoms with van der Waals surface area (Å²) < 4.78 is 6.17. The zero-order valence-corrected chi connectivity index (χ0v) is 24.9. The van der Waals surface area contributed by atoms with E-state index >= 15 is 0 Å². The first kappa shape index (κ1) is 30.0. The number of ether oxygens (including phenoxy) is 1. The van der Waals surface area contributed by atoms with Gasteiger partial charge in [0.1, 0.15) is 10.8 Å². The first-order valence-corrected chi connectivity index (χ1v) is 15.1. The number of hydrogen-bond acceptors (Lipinski definition) is 7. The molecule has 0 spiro atoms. The lowest BCUT2D eigenvalue weighted by Crippen LogP contribution is -2.37. The monoisotopic (exact) mass is 584 g/mol. The summed E-state index contributed by atoms with van der Waals surface area (Å²) in [7, 11) is 0. The van der Waals surface area contributed by atoms with Gasteiger partial charge in [-0.15, -0.1) is 10.2 Å². The molecule has 1 aliphatic heterocycles. The lowest BCUT2D eigenvalue weighted by molar-refractivity contribution is -0.143. The van der Waals surface area contributed by atoms with E-state index in [9.17, 15) is 14.7 Å². The van der Waals surface area contributed by atoms with Crippen molar-refractivity contribution in [2.45, 2.75) is 52.9 Å². The lowest BCUT2D eigenvalue weighted by Gasteiger charge is -2.29. The van der Waals surface area contributed by atoms with Crippen LogP contribution in [-0.2, 0) is 4.79 Å². The molecule has 0 radical (unpaired) electrons. The van der Waals surface area contributed by atoms with Gasteiger partial charge in [0.25, 0.3) is 5.91 Å². The van der Waals surface area contributed by atoms with Crippen LogP contribution in [0, 0.1) is 19.8 Å². The number of nitrogens with zero attached hydrogens (tertiary/aromatic N) is 4. The minimum absolute atomic E-state index is 0.177.